The fourth-order valence-corrected chi connectivity index (χ4v) is 7.36. The van der Waals surface area contributed by atoms with Crippen LogP contribution in [0.2, 0.25) is 0 Å². The third-order valence-corrected chi connectivity index (χ3v) is 9.75. The molecule has 36 heavy (non-hydrogen) atoms. The predicted octanol–water partition coefficient (Wildman–Crippen LogP) is 6.79. The molecule has 192 valence electrons. The summed E-state index contributed by atoms with van der Waals surface area (Å²) in [4.78, 5) is 12.2. The molecule has 2 aliphatic rings. The molecule has 10 nitrogen and oxygen atoms in total. The summed E-state index contributed by atoms with van der Waals surface area (Å²) in [5.74, 6) is 3.68. The number of nitrogens with zero attached hydrogens (tertiary/aromatic N) is 8. The van der Waals surface area contributed by atoms with E-state index in [2.05, 4.69) is 99.9 Å². The van der Waals surface area contributed by atoms with Gasteiger partial charge >= 0.3 is 0 Å². The number of azide groups is 1. The highest BCUT2D eigenvalue weighted by atomic mass is 79.9. The maximum absolute atomic E-state index is 10.3. The molecule has 2 aliphatic carbocycles. The Bertz CT molecular complexity index is 1240. The van der Waals surface area contributed by atoms with Crippen molar-refractivity contribution in [2.45, 2.75) is 44.4 Å². The Morgan fingerprint density at radius 3 is 2.14 bits per heavy atom. The van der Waals surface area contributed by atoms with Crippen molar-refractivity contribution in [1.29, 1.82) is 0 Å². The molecule has 0 amide bonds. The largest absolute Gasteiger partial charge is 0.381 e. The van der Waals surface area contributed by atoms with E-state index in [4.69, 9.17) is 12.0 Å². The molecule has 2 N–H and O–H groups in total. The first-order valence-electron chi connectivity index (χ1n) is 10.6. The SMILES string of the molecule is C#CC(O)c1sc(Br)nc1Br.OC(c1cn(CC2CC2)nn1)c1sc(Br)nc1Br.[N-]=[N+]=NCC1CC1. The highest BCUT2D eigenvalue weighted by Crippen LogP contribution is 2.35. The number of terminal acetylenes is 1. The van der Waals surface area contributed by atoms with Crippen LogP contribution >= 0.6 is 86.4 Å². The van der Waals surface area contributed by atoms with Gasteiger partial charge in [0.05, 0.1) is 16.0 Å². The first kappa shape index (κ1) is 29.7. The molecule has 3 aromatic rings. The maximum Gasteiger partial charge on any atom is 0.160 e. The monoisotopic (exact) mass is 784 g/mol. The van der Waals surface area contributed by atoms with Gasteiger partial charge in [0.2, 0.25) is 0 Å². The van der Waals surface area contributed by atoms with Crippen molar-refractivity contribution in [1.82, 2.24) is 25.0 Å². The van der Waals surface area contributed by atoms with E-state index in [1.54, 1.807) is 4.68 Å². The maximum atomic E-state index is 10.3. The van der Waals surface area contributed by atoms with E-state index >= 15 is 0 Å². The number of aliphatic hydroxyl groups excluding tert-OH is 2. The molecule has 2 fully saturated rings. The highest BCUT2D eigenvalue weighted by molar-refractivity contribution is 9.11. The van der Waals surface area contributed by atoms with Gasteiger partial charge in [0, 0.05) is 18.0 Å². The molecule has 5 rings (SSSR count). The molecule has 0 aromatic carbocycles. The van der Waals surface area contributed by atoms with Gasteiger partial charge in [0.15, 0.2) is 13.9 Å². The summed E-state index contributed by atoms with van der Waals surface area (Å²) in [6.07, 6.45) is 10.2. The summed E-state index contributed by atoms with van der Waals surface area (Å²) >= 11 is 15.7. The lowest BCUT2D eigenvalue weighted by molar-refractivity contribution is 0.218. The smallest absolute Gasteiger partial charge is 0.160 e. The van der Waals surface area contributed by atoms with Crippen molar-refractivity contribution in [3.63, 3.8) is 0 Å². The third kappa shape index (κ3) is 9.45. The van der Waals surface area contributed by atoms with Crippen LogP contribution < -0.4 is 0 Å². The fraction of sp³-hybridized carbons (Fsp3) is 0.500. The van der Waals surface area contributed by atoms with Crippen LogP contribution in [0.15, 0.2) is 28.4 Å². The first-order valence-corrected chi connectivity index (χ1v) is 15.4. The lowest BCUT2D eigenvalue weighted by Crippen LogP contribution is -2.00. The molecular weight excluding hydrogens is 768 g/mol. The number of hydrogen-bond acceptors (Lipinski definition) is 9. The number of rotatable bonds is 7. The number of hydrogen-bond donors (Lipinski definition) is 2. The summed E-state index contributed by atoms with van der Waals surface area (Å²) in [5.41, 5.74) is 8.36. The minimum absolute atomic E-state index is 0.563. The van der Waals surface area contributed by atoms with Crippen molar-refractivity contribution in [2.75, 3.05) is 6.54 Å². The van der Waals surface area contributed by atoms with Crippen molar-refractivity contribution < 1.29 is 10.2 Å². The van der Waals surface area contributed by atoms with Crippen molar-refractivity contribution in [3.05, 3.63) is 49.1 Å². The number of halogens is 4. The van der Waals surface area contributed by atoms with E-state index in [1.807, 2.05) is 6.20 Å². The van der Waals surface area contributed by atoms with Gasteiger partial charge in [-0.3, -0.25) is 4.68 Å². The van der Waals surface area contributed by atoms with Gasteiger partial charge in [-0.25, -0.2) is 9.97 Å². The Kier molecular flexibility index (Phi) is 11.8. The zero-order chi connectivity index (χ0) is 26.2. The molecular formula is C20H20Br4N8O2S2. The zero-order valence-corrected chi connectivity index (χ0v) is 26.5. The molecule has 2 atom stereocenters. The van der Waals surface area contributed by atoms with Gasteiger partial charge in [0.1, 0.15) is 21.0 Å². The van der Waals surface area contributed by atoms with Crippen molar-refractivity contribution in [3.8, 4) is 12.3 Å². The van der Waals surface area contributed by atoms with Gasteiger partial charge in [-0.15, -0.1) is 34.2 Å². The Hall–Kier alpha value is -0.890. The van der Waals surface area contributed by atoms with E-state index in [0.29, 0.717) is 23.7 Å². The van der Waals surface area contributed by atoms with E-state index in [-0.39, 0.29) is 0 Å². The summed E-state index contributed by atoms with van der Waals surface area (Å²) < 4.78 is 4.48. The van der Waals surface area contributed by atoms with Gasteiger partial charge in [0.25, 0.3) is 0 Å². The minimum atomic E-state index is -0.867. The molecule has 3 aromatic heterocycles. The summed E-state index contributed by atoms with van der Waals surface area (Å²) in [7, 11) is 0. The average molecular weight is 788 g/mol. The molecule has 0 spiro atoms. The number of thiazole rings is 2. The van der Waals surface area contributed by atoms with E-state index in [1.165, 1.54) is 48.4 Å². The molecule has 2 unspecified atom stereocenters. The van der Waals surface area contributed by atoms with E-state index in [0.717, 1.165) is 33.7 Å². The van der Waals surface area contributed by atoms with Crippen LogP contribution in [-0.2, 0) is 6.54 Å². The van der Waals surface area contributed by atoms with Crippen LogP contribution in [-0.4, -0.2) is 41.7 Å². The van der Waals surface area contributed by atoms with E-state index in [9.17, 15) is 10.2 Å². The Morgan fingerprint density at radius 2 is 1.67 bits per heavy atom. The lowest BCUT2D eigenvalue weighted by atomic mass is 10.2. The molecule has 3 heterocycles. The van der Waals surface area contributed by atoms with Gasteiger partial charge < -0.3 is 10.2 Å². The summed E-state index contributed by atoms with van der Waals surface area (Å²) in [5, 5.41) is 30.9. The van der Waals surface area contributed by atoms with Crippen LogP contribution in [0.4, 0.5) is 0 Å². The normalized spacial score (nSPS) is 15.9. The van der Waals surface area contributed by atoms with Crippen LogP contribution in [0.5, 0.6) is 0 Å². The molecule has 16 heteroatoms. The van der Waals surface area contributed by atoms with Gasteiger partial charge in [-0.2, -0.15) is 0 Å². The molecule has 2 saturated carbocycles. The summed E-state index contributed by atoms with van der Waals surface area (Å²) in [6.45, 7) is 1.61. The van der Waals surface area contributed by atoms with E-state index < -0.39 is 12.2 Å². The molecule has 0 aliphatic heterocycles. The zero-order valence-electron chi connectivity index (χ0n) is 18.5. The van der Waals surface area contributed by atoms with Crippen molar-refractivity contribution in [2.24, 2.45) is 17.0 Å². The van der Waals surface area contributed by atoms with Gasteiger partial charge in [-0.1, -0.05) is 29.1 Å². The molecule has 0 radical (unpaired) electrons. The average Bonchev–Trinajstić information content (AvgIpc) is 3.74. The second kappa shape index (κ2) is 14.3. The molecule has 0 saturated heterocycles. The molecule has 0 bridgehead atoms. The fourth-order valence-electron chi connectivity index (χ4n) is 2.67. The standard InChI is InChI=1S/C10H10Br2N4OS.C6H3Br2NOS.C4H7N3/c11-9-8(18-10(12)13-9)7(17)6-4-16(15-14-6)3-5-1-2-5;1-2-3(10)4-5(7)9-6(8)11-4;5-7-6-3-4-1-2-4/h4-5,7,17H,1-3H2;1,3,10H;4H,1-3H2. The van der Waals surface area contributed by atoms with Crippen LogP contribution in [0, 0.1) is 24.2 Å². The Balaban J connectivity index is 0.000000170. The second-order valence-electron chi connectivity index (χ2n) is 7.88. The topological polar surface area (TPSA) is 146 Å². The lowest BCUT2D eigenvalue weighted by Gasteiger charge is -2.03. The third-order valence-electron chi connectivity index (χ3n) is 4.90. The predicted molar refractivity (Wildman–Crippen MR) is 152 cm³/mol. The highest BCUT2D eigenvalue weighted by Gasteiger charge is 2.25. The van der Waals surface area contributed by atoms with Gasteiger partial charge in [-0.05, 0) is 93.9 Å². The minimum Gasteiger partial charge on any atom is -0.381 e. The van der Waals surface area contributed by atoms with Crippen LogP contribution in [0.1, 0.15) is 53.3 Å². The Morgan fingerprint density at radius 1 is 1.08 bits per heavy atom. The second-order valence-corrected chi connectivity index (χ2v) is 14.0. The van der Waals surface area contributed by atoms with Crippen LogP contribution in [0.25, 0.3) is 10.4 Å². The number of aromatic nitrogens is 5. The van der Waals surface area contributed by atoms with Crippen LogP contribution in [0.3, 0.4) is 0 Å². The Labute approximate surface area is 249 Å². The quantitative estimate of drug-likeness (QED) is 0.117. The van der Waals surface area contributed by atoms with Crippen molar-refractivity contribution >= 4 is 86.4 Å². The number of aliphatic hydroxyl groups is 2. The summed E-state index contributed by atoms with van der Waals surface area (Å²) in [6, 6.07) is 0. The first-order chi connectivity index (χ1) is 17.2.